The first-order valence-corrected chi connectivity index (χ1v) is 46.8. The zero-order valence-corrected chi connectivity index (χ0v) is 81.9. The van der Waals surface area contributed by atoms with E-state index in [1.807, 2.05) is 0 Å². The fourth-order valence-electron chi connectivity index (χ4n) is 16.2. The molecule has 0 heterocycles. The minimum atomic E-state index is -0.750. The van der Waals surface area contributed by atoms with Crippen LogP contribution in [0.1, 0.15) is 128 Å². The number of benzene rings is 14. The van der Waals surface area contributed by atoms with Gasteiger partial charge in [-0.25, -0.2) is 0 Å². The van der Waals surface area contributed by atoms with Gasteiger partial charge in [-0.3, -0.25) is 0 Å². The second-order valence-electron chi connectivity index (χ2n) is 33.7. The average molecular weight is 1930 g/mol. The van der Waals surface area contributed by atoms with Gasteiger partial charge in [-0.1, -0.05) is 584 Å². The predicted molar refractivity (Wildman–Crippen MR) is 552 cm³/mol. The molecular weight excluding hydrogens is 1840 g/mol. The highest BCUT2D eigenvalue weighted by Gasteiger charge is 2.37. The van der Waals surface area contributed by atoms with Crippen molar-refractivity contribution < 1.29 is 0 Å². The lowest BCUT2D eigenvalue weighted by molar-refractivity contribution is 0.590. The highest BCUT2D eigenvalue weighted by atomic mass is 35.6. The quantitative estimate of drug-likeness (QED) is 0.105. The second kappa shape index (κ2) is 43.2. The Morgan fingerprint density at radius 3 is 0.419 bits per heavy atom. The van der Waals surface area contributed by atoms with Crippen molar-refractivity contribution in [1.82, 2.24) is 0 Å². The first kappa shape index (κ1) is 97.3. The molecule has 0 spiro atoms. The number of fused-ring (bicyclic) bond motifs is 10. The van der Waals surface area contributed by atoms with Crippen LogP contribution in [-0.4, -0.2) is 21.5 Å². The number of rotatable bonds is 8. The van der Waals surface area contributed by atoms with Crippen LogP contribution in [0.2, 0.25) is 0 Å². The van der Waals surface area contributed by atoms with Crippen LogP contribution in [0.15, 0.2) is 327 Å². The van der Waals surface area contributed by atoms with Crippen molar-refractivity contribution in [3.8, 4) is 134 Å². The van der Waals surface area contributed by atoms with Crippen molar-refractivity contribution in [2.24, 2.45) is 0 Å². The molecule has 0 atom stereocenters. The van der Waals surface area contributed by atoms with Crippen molar-refractivity contribution in [1.29, 1.82) is 0 Å². The summed E-state index contributed by atoms with van der Waals surface area (Å²) < 4.78 is -3.75. The SMILES string of the molecule is CC(C)(C)c1ccc(-c2c(-c3ccccc3)c(-c3ccccc3)c(-c3ccc(C(C)(C)C)cc3)c3c2-c2ccccc2C(=C=C=C2c4ccccc4-c4c(-c5ccc(C(C)(C)C)cc5)c(-c5ccccc5)c(-c5ccccc5)c(-c5ccc(C(C)(C)C)cc5)c4-c4ccccc42)c2ccccc2-3)cc1.ClC(Cl)Cl.ClC(Cl)Cl.ClC(Cl)Cl.ClC(Cl)Cl.ClC(Cl)Cl. The molecule has 16 rings (SSSR count). The summed E-state index contributed by atoms with van der Waals surface area (Å²) >= 11 is 72.1. The van der Waals surface area contributed by atoms with Crippen LogP contribution >= 0.6 is 174 Å². The molecular formula is C109H93Cl15. The lowest BCUT2D eigenvalue weighted by Crippen LogP contribution is -2.10. The molecule has 15 heteroatoms. The molecule has 2 aliphatic rings. The van der Waals surface area contributed by atoms with E-state index in [1.54, 1.807) is 0 Å². The Labute approximate surface area is 808 Å². The Balaban J connectivity index is 0.000000678. The molecule has 0 fully saturated rings. The van der Waals surface area contributed by atoms with Crippen LogP contribution in [-0.2, 0) is 21.7 Å². The van der Waals surface area contributed by atoms with E-state index in [-0.39, 0.29) is 21.7 Å². The molecule has 14 aromatic carbocycles. The normalized spacial score (nSPS) is 11.9. The monoisotopic (exact) mass is 1930 g/mol. The predicted octanol–water partition coefficient (Wildman–Crippen LogP) is 38.8. The maximum atomic E-state index is 4.81. The van der Waals surface area contributed by atoms with E-state index < -0.39 is 21.5 Å². The van der Waals surface area contributed by atoms with E-state index in [0.717, 1.165) is 100 Å². The topological polar surface area (TPSA) is 0 Å². The molecule has 2 aliphatic carbocycles. The van der Waals surface area contributed by atoms with Crippen molar-refractivity contribution >= 4 is 185 Å². The fraction of sp³-hybridized carbons (Fsp3) is 0.193. The van der Waals surface area contributed by atoms with Gasteiger partial charge in [-0.2, -0.15) is 0 Å². The highest BCUT2D eigenvalue weighted by molar-refractivity contribution is 6.64. The lowest BCUT2D eigenvalue weighted by Gasteiger charge is -2.29. The van der Waals surface area contributed by atoms with E-state index in [2.05, 4.69) is 410 Å². The van der Waals surface area contributed by atoms with Gasteiger partial charge in [0.2, 0.25) is 0 Å². The lowest BCUT2D eigenvalue weighted by atomic mass is 9.73. The van der Waals surface area contributed by atoms with Crippen molar-refractivity contribution in [3.63, 3.8) is 0 Å². The van der Waals surface area contributed by atoms with Gasteiger partial charge in [0, 0.05) is 11.1 Å². The van der Waals surface area contributed by atoms with Crippen LogP contribution in [0.4, 0.5) is 0 Å². The third-order valence-electron chi connectivity index (χ3n) is 21.6. The van der Waals surface area contributed by atoms with Gasteiger partial charge in [0.25, 0.3) is 0 Å². The number of hydrogen-bond acceptors (Lipinski definition) is 0. The molecule has 14 aromatic rings. The third-order valence-corrected chi connectivity index (χ3v) is 21.6. The molecule has 0 saturated carbocycles. The summed E-state index contributed by atoms with van der Waals surface area (Å²) in [7, 11) is 0. The third kappa shape index (κ3) is 23.8. The van der Waals surface area contributed by atoms with Crippen LogP contribution in [0.5, 0.6) is 0 Å². The summed E-state index contributed by atoms with van der Waals surface area (Å²) in [5.74, 6) is 0. The summed E-state index contributed by atoms with van der Waals surface area (Å²) in [5, 5.41) is 0. The van der Waals surface area contributed by atoms with E-state index in [1.165, 1.54) is 89.0 Å². The molecule has 0 N–H and O–H groups in total. The summed E-state index contributed by atoms with van der Waals surface area (Å²) in [5.41, 5.74) is 47.7. The molecule has 0 amide bonds. The fourth-order valence-corrected chi connectivity index (χ4v) is 16.2. The summed E-state index contributed by atoms with van der Waals surface area (Å²) in [6.07, 6.45) is 0. The van der Waals surface area contributed by atoms with Gasteiger partial charge in [-0.15, -0.1) is 0 Å². The summed E-state index contributed by atoms with van der Waals surface area (Å²) in [6, 6.07) is 119. The van der Waals surface area contributed by atoms with E-state index >= 15 is 0 Å². The van der Waals surface area contributed by atoms with Gasteiger partial charge < -0.3 is 0 Å². The highest BCUT2D eigenvalue weighted by Crippen LogP contribution is 2.62. The molecule has 0 aromatic heterocycles. The first-order valence-electron chi connectivity index (χ1n) is 40.3. The van der Waals surface area contributed by atoms with Gasteiger partial charge in [0.05, 0.1) is 0 Å². The van der Waals surface area contributed by atoms with Gasteiger partial charge in [0.15, 0.2) is 21.5 Å². The Morgan fingerprint density at radius 2 is 0.274 bits per heavy atom. The second-order valence-corrected chi connectivity index (χ2v) is 43.6. The minimum Gasteiger partial charge on any atom is -0.0874 e. The van der Waals surface area contributed by atoms with Gasteiger partial charge in [-0.05, 0) is 200 Å². The zero-order valence-electron chi connectivity index (χ0n) is 70.6. The molecule has 0 unspecified atom stereocenters. The number of hydrogen-bond donors (Lipinski definition) is 0. The van der Waals surface area contributed by atoms with Crippen molar-refractivity contribution in [2.45, 2.75) is 126 Å². The number of alkyl halides is 15. The van der Waals surface area contributed by atoms with Crippen LogP contribution in [0, 0.1) is 0 Å². The largest absolute Gasteiger partial charge is 0.180 e. The maximum Gasteiger partial charge on any atom is 0.180 e. The molecule has 0 bridgehead atoms. The van der Waals surface area contributed by atoms with Crippen molar-refractivity contribution in [2.75, 3.05) is 0 Å². The van der Waals surface area contributed by atoms with Crippen LogP contribution in [0.3, 0.4) is 0 Å². The van der Waals surface area contributed by atoms with E-state index in [9.17, 15) is 0 Å². The van der Waals surface area contributed by atoms with E-state index in [4.69, 9.17) is 174 Å². The molecule has 634 valence electrons. The average Bonchev–Trinajstić information content (AvgIpc) is 1.39. The van der Waals surface area contributed by atoms with Crippen molar-refractivity contribution in [3.05, 3.63) is 371 Å². The molecule has 0 nitrogen and oxygen atoms in total. The summed E-state index contributed by atoms with van der Waals surface area (Å²) in [4.78, 5) is 0. The Hall–Kier alpha value is -7.27. The molecule has 0 saturated heterocycles. The zero-order chi connectivity index (χ0) is 89.7. The standard InChI is InChI=1S/C104H88.5CHCl3/c1-101(2,3)75-57-49-71(50-58-75)93-89(67-33-17-13-18-34-67)90(68-35-19-14-20-36-68)94(72-51-59-76(60-52-72)102(4,5)6)98-86-46-30-26-42-80(86)83(79-41-25-29-45-85(79)97(93)98)65-66-84-81-43-27-31-47-87(81)99-95(73-53-61-77(62-54-73)103(7,8)9)91(69-37-21-15-22-38-69)92(70-39-23-16-24-40-70)96(100(99)88-48-32-28-44-82(84)88)74-55-63-78(64-56-74)104(10,11)12;5*2-1(3)4/h13-64H,1-12H3;5*1H. The van der Waals surface area contributed by atoms with Gasteiger partial charge in [0.1, 0.15) is 0 Å². The van der Waals surface area contributed by atoms with Crippen LogP contribution in [0.25, 0.3) is 145 Å². The Kier molecular flexibility index (Phi) is 33.9. The maximum absolute atomic E-state index is 4.81. The number of halogens is 15. The Morgan fingerprint density at radius 1 is 0.153 bits per heavy atom. The first-order chi connectivity index (χ1) is 58.9. The smallest absolute Gasteiger partial charge is 0.0874 e. The van der Waals surface area contributed by atoms with Gasteiger partial charge >= 0.3 is 0 Å². The molecule has 0 radical (unpaired) electrons. The summed E-state index contributed by atoms with van der Waals surface area (Å²) in [6.45, 7) is 27.7. The molecule has 0 aliphatic heterocycles. The Bertz CT molecular complexity index is 5320. The minimum absolute atomic E-state index is 0.0548. The van der Waals surface area contributed by atoms with E-state index in [0.29, 0.717) is 0 Å². The molecule has 124 heavy (non-hydrogen) atoms. The van der Waals surface area contributed by atoms with Crippen LogP contribution < -0.4 is 0 Å².